The van der Waals surface area contributed by atoms with Crippen LogP contribution in [-0.2, 0) is 4.74 Å². The van der Waals surface area contributed by atoms with Gasteiger partial charge in [-0.25, -0.2) is 0 Å². The standard InChI is InChI=1S/C17H28O/c1-5-8-14-11-15(9-6-2)16(10-7-3)13-17(12-14)18-4/h11-13,16H,5-10H2,1-4H3/t16-/m1/s1. The minimum Gasteiger partial charge on any atom is -0.497 e. The average molecular weight is 248 g/mol. The zero-order valence-corrected chi connectivity index (χ0v) is 12.5. The molecule has 1 aliphatic rings. The Hall–Kier alpha value is -0.980. The van der Waals surface area contributed by atoms with Gasteiger partial charge in [0, 0.05) is 5.92 Å². The van der Waals surface area contributed by atoms with Gasteiger partial charge < -0.3 is 4.74 Å². The number of rotatable bonds is 7. The van der Waals surface area contributed by atoms with Crippen molar-refractivity contribution in [2.45, 2.75) is 59.3 Å². The van der Waals surface area contributed by atoms with Crippen LogP contribution in [0.15, 0.2) is 35.1 Å². The second kappa shape index (κ2) is 8.18. The van der Waals surface area contributed by atoms with Crippen LogP contribution in [0.4, 0.5) is 0 Å². The summed E-state index contributed by atoms with van der Waals surface area (Å²) in [5.41, 5.74) is 3.01. The Bertz CT molecular complexity index is 334. The average Bonchev–Trinajstić information content (AvgIpc) is 2.51. The highest BCUT2D eigenvalue weighted by Gasteiger charge is 2.15. The van der Waals surface area contributed by atoms with Crippen LogP contribution >= 0.6 is 0 Å². The van der Waals surface area contributed by atoms with Gasteiger partial charge in [0.05, 0.1) is 7.11 Å². The number of hydrogen-bond donors (Lipinski definition) is 0. The van der Waals surface area contributed by atoms with Gasteiger partial charge in [-0.3, -0.25) is 0 Å². The molecule has 0 aliphatic heterocycles. The minimum absolute atomic E-state index is 0.565. The minimum atomic E-state index is 0.565. The number of allylic oxidation sites excluding steroid dienone is 5. The maximum absolute atomic E-state index is 5.50. The summed E-state index contributed by atoms with van der Waals surface area (Å²) in [5.74, 6) is 1.61. The maximum atomic E-state index is 5.50. The first-order chi connectivity index (χ1) is 8.74. The third-order valence-electron chi connectivity index (χ3n) is 3.45. The van der Waals surface area contributed by atoms with Gasteiger partial charge in [-0.05, 0) is 37.0 Å². The Balaban J connectivity index is 3.01. The second-order valence-corrected chi connectivity index (χ2v) is 5.11. The molecule has 0 aromatic rings. The van der Waals surface area contributed by atoms with Gasteiger partial charge in [-0.15, -0.1) is 0 Å². The lowest BCUT2D eigenvalue weighted by Crippen LogP contribution is -2.02. The molecule has 0 aromatic carbocycles. The molecule has 1 aliphatic carbocycles. The van der Waals surface area contributed by atoms with E-state index in [-0.39, 0.29) is 0 Å². The molecule has 0 fully saturated rings. The van der Waals surface area contributed by atoms with Crippen molar-refractivity contribution in [1.29, 1.82) is 0 Å². The van der Waals surface area contributed by atoms with E-state index in [1.807, 2.05) is 0 Å². The predicted molar refractivity (Wildman–Crippen MR) is 79.5 cm³/mol. The third kappa shape index (κ3) is 4.36. The molecule has 0 spiro atoms. The second-order valence-electron chi connectivity index (χ2n) is 5.11. The largest absolute Gasteiger partial charge is 0.497 e. The Morgan fingerprint density at radius 1 is 1.00 bits per heavy atom. The zero-order chi connectivity index (χ0) is 13.4. The first-order valence-corrected chi connectivity index (χ1v) is 7.41. The van der Waals surface area contributed by atoms with Gasteiger partial charge in [-0.1, -0.05) is 51.7 Å². The van der Waals surface area contributed by atoms with Crippen molar-refractivity contribution >= 4 is 0 Å². The molecule has 0 saturated heterocycles. The molecular formula is C17H28O. The zero-order valence-electron chi connectivity index (χ0n) is 12.5. The van der Waals surface area contributed by atoms with Crippen molar-refractivity contribution in [3.8, 4) is 0 Å². The van der Waals surface area contributed by atoms with Crippen LogP contribution < -0.4 is 0 Å². The summed E-state index contributed by atoms with van der Waals surface area (Å²) in [4.78, 5) is 0. The van der Waals surface area contributed by atoms with Crippen LogP contribution in [0, 0.1) is 5.92 Å². The van der Waals surface area contributed by atoms with Crippen molar-refractivity contribution in [2.75, 3.05) is 7.11 Å². The normalized spacial score (nSPS) is 19.8. The lowest BCUT2D eigenvalue weighted by atomic mass is 9.90. The molecule has 0 radical (unpaired) electrons. The van der Waals surface area contributed by atoms with Crippen LogP contribution in [0.1, 0.15) is 59.3 Å². The van der Waals surface area contributed by atoms with Crippen LogP contribution in [-0.4, -0.2) is 7.11 Å². The first-order valence-electron chi connectivity index (χ1n) is 7.41. The summed E-state index contributed by atoms with van der Waals surface area (Å²) in [6, 6.07) is 0. The molecule has 18 heavy (non-hydrogen) atoms. The van der Waals surface area contributed by atoms with Crippen LogP contribution in [0.2, 0.25) is 0 Å². The van der Waals surface area contributed by atoms with E-state index in [1.165, 1.54) is 37.7 Å². The molecule has 0 amide bonds. The molecule has 0 aromatic heterocycles. The van der Waals surface area contributed by atoms with Gasteiger partial charge in [0.25, 0.3) is 0 Å². The summed E-state index contributed by atoms with van der Waals surface area (Å²) < 4.78 is 5.50. The molecule has 0 unspecified atom stereocenters. The lowest BCUT2D eigenvalue weighted by Gasteiger charge is -2.16. The highest BCUT2D eigenvalue weighted by molar-refractivity contribution is 5.36. The van der Waals surface area contributed by atoms with E-state index in [0.717, 1.165) is 12.2 Å². The van der Waals surface area contributed by atoms with E-state index in [0.29, 0.717) is 5.92 Å². The van der Waals surface area contributed by atoms with Crippen LogP contribution in [0.5, 0.6) is 0 Å². The van der Waals surface area contributed by atoms with E-state index in [9.17, 15) is 0 Å². The van der Waals surface area contributed by atoms with Crippen molar-refractivity contribution in [2.24, 2.45) is 5.92 Å². The van der Waals surface area contributed by atoms with E-state index >= 15 is 0 Å². The molecule has 1 nitrogen and oxygen atoms in total. The Labute approximate surface area is 113 Å². The Morgan fingerprint density at radius 2 is 1.72 bits per heavy atom. The van der Waals surface area contributed by atoms with E-state index in [4.69, 9.17) is 4.74 Å². The van der Waals surface area contributed by atoms with E-state index in [2.05, 4.69) is 39.0 Å². The highest BCUT2D eigenvalue weighted by Crippen LogP contribution is 2.30. The molecule has 1 atom stereocenters. The molecule has 0 bridgehead atoms. The summed E-state index contributed by atoms with van der Waals surface area (Å²) in [6.45, 7) is 6.76. The smallest absolute Gasteiger partial charge is 0.115 e. The summed E-state index contributed by atoms with van der Waals surface area (Å²) in [5, 5.41) is 0. The van der Waals surface area contributed by atoms with E-state index < -0.39 is 0 Å². The summed E-state index contributed by atoms with van der Waals surface area (Å²) >= 11 is 0. The molecule has 0 heterocycles. The number of hydrogen-bond acceptors (Lipinski definition) is 1. The SMILES string of the molecule is CCCC1=CC(OC)=C[C@@H](CCC)C(CCC)=C1. The summed E-state index contributed by atoms with van der Waals surface area (Å²) in [6.07, 6.45) is 14.2. The molecular weight excluding hydrogens is 220 g/mol. The topological polar surface area (TPSA) is 9.23 Å². The highest BCUT2D eigenvalue weighted by atomic mass is 16.5. The fraction of sp³-hybridized carbons (Fsp3) is 0.647. The van der Waals surface area contributed by atoms with Gasteiger partial charge in [0.2, 0.25) is 0 Å². The van der Waals surface area contributed by atoms with Gasteiger partial charge >= 0.3 is 0 Å². The van der Waals surface area contributed by atoms with E-state index in [1.54, 1.807) is 12.7 Å². The Morgan fingerprint density at radius 3 is 2.28 bits per heavy atom. The third-order valence-corrected chi connectivity index (χ3v) is 3.45. The molecule has 1 heteroatoms. The number of methoxy groups -OCH3 is 1. The fourth-order valence-electron chi connectivity index (χ4n) is 2.61. The molecule has 0 N–H and O–H groups in total. The molecule has 1 rings (SSSR count). The van der Waals surface area contributed by atoms with Crippen molar-refractivity contribution < 1.29 is 4.74 Å². The van der Waals surface area contributed by atoms with Gasteiger partial charge in [0.1, 0.15) is 5.76 Å². The molecule has 102 valence electrons. The Kier molecular flexibility index (Phi) is 6.85. The quantitative estimate of drug-likeness (QED) is 0.586. The van der Waals surface area contributed by atoms with Crippen molar-refractivity contribution in [3.05, 3.63) is 35.1 Å². The summed E-state index contributed by atoms with van der Waals surface area (Å²) in [7, 11) is 1.78. The van der Waals surface area contributed by atoms with Gasteiger partial charge in [0.15, 0.2) is 0 Å². The first kappa shape index (κ1) is 15.1. The monoisotopic (exact) mass is 248 g/mol. The molecule has 0 saturated carbocycles. The predicted octanol–water partition coefficient (Wildman–Crippen LogP) is 5.40. The maximum Gasteiger partial charge on any atom is 0.115 e. The lowest BCUT2D eigenvalue weighted by molar-refractivity contribution is 0.302. The van der Waals surface area contributed by atoms with Gasteiger partial charge in [-0.2, -0.15) is 0 Å². The van der Waals surface area contributed by atoms with Crippen LogP contribution in [0.25, 0.3) is 0 Å². The van der Waals surface area contributed by atoms with Crippen molar-refractivity contribution in [1.82, 2.24) is 0 Å². The van der Waals surface area contributed by atoms with Crippen molar-refractivity contribution in [3.63, 3.8) is 0 Å². The van der Waals surface area contributed by atoms with Crippen LogP contribution in [0.3, 0.4) is 0 Å². The fourth-order valence-corrected chi connectivity index (χ4v) is 2.61. The number of ether oxygens (including phenoxy) is 1.